The summed E-state index contributed by atoms with van der Waals surface area (Å²) in [5.74, 6) is -0.306. The van der Waals surface area contributed by atoms with E-state index in [0.717, 1.165) is 15.6 Å². The van der Waals surface area contributed by atoms with Gasteiger partial charge in [0, 0.05) is 20.8 Å². The van der Waals surface area contributed by atoms with Crippen LogP contribution in [0.15, 0.2) is 70.9 Å². The Morgan fingerprint density at radius 2 is 1.70 bits per heavy atom. The van der Waals surface area contributed by atoms with Crippen LogP contribution >= 0.6 is 22.9 Å². The van der Waals surface area contributed by atoms with Crippen LogP contribution in [-0.2, 0) is 10.0 Å². The predicted octanol–water partition coefficient (Wildman–Crippen LogP) is 6.20. The number of carbonyl (C=O) groups excluding carboxylic acids is 1. The summed E-state index contributed by atoms with van der Waals surface area (Å²) in [4.78, 5) is 13.0. The Hall–Kier alpha value is -2.67. The summed E-state index contributed by atoms with van der Waals surface area (Å²) >= 11 is 7.31. The van der Waals surface area contributed by atoms with Gasteiger partial charge in [-0.25, -0.2) is 8.42 Å². The minimum absolute atomic E-state index is 0.196. The van der Waals surface area contributed by atoms with E-state index in [1.54, 1.807) is 37.3 Å². The van der Waals surface area contributed by atoms with Crippen LogP contribution in [0.25, 0.3) is 10.1 Å². The van der Waals surface area contributed by atoms with E-state index in [1.807, 2.05) is 31.2 Å². The molecule has 30 heavy (non-hydrogen) atoms. The van der Waals surface area contributed by atoms with Crippen LogP contribution in [0.3, 0.4) is 0 Å². The lowest BCUT2D eigenvalue weighted by Gasteiger charge is -2.12. The molecule has 7 heteroatoms. The van der Waals surface area contributed by atoms with Crippen molar-refractivity contribution in [2.24, 2.45) is 0 Å². The van der Waals surface area contributed by atoms with E-state index in [9.17, 15) is 13.2 Å². The van der Waals surface area contributed by atoms with Crippen molar-refractivity contribution in [3.8, 4) is 0 Å². The molecule has 4 aromatic rings. The zero-order valence-corrected chi connectivity index (χ0v) is 18.7. The monoisotopic (exact) mass is 455 g/mol. The average molecular weight is 456 g/mol. The van der Waals surface area contributed by atoms with E-state index in [1.165, 1.54) is 23.5 Å². The first-order valence-corrected chi connectivity index (χ1v) is 11.9. The molecule has 0 saturated carbocycles. The highest BCUT2D eigenvalue weighted by Gasteiger charge is 2.24. The lowest BCUT2D eigenvalue weighted by atomic mass is 10.0. The molecule has 0 bridgehead atoms. The molecule has 4 nitrogen and oxygen atoms in total. The minimum atomic E-state index is -3.90. The topological polar surface area (TPSA) is 63.2 Å². The maximum absolute atomic E-state index is 13.2. The second-order valence-corrected chi connectivity index (χ2v) is 10.4. The number of ketones is 1. The number of rotatable bonds is 5. The van der Waals surface area contributed by atoms with Gasteiger partial charge in [0.2, 0.25) is 0 Å². The lowest BCUT2D eigenvalue weighted by Crippen LogP contribution is -2.15. The molecule has 0 radical (unpaired) electrons. The molecule has 0 atom stereocenters. The first-order valence-electron chi connectivity index (χ1n) is 9.18. The van der Waals surface area contributed by atoms with Gasteiger partial charge in [-0.05, 0) is 49.1 Å². The third-order valence-electron chi connectivity index (χ3n) is 4.80. The van der Waals surface area contributed by atoms with E-state index in [4.69, 9.17) is 11.6 Å². The van der Waals surface area contributed by atoms with Gasteiger partial charge in [-0.3, -0.25) is 9.52 Å². The molecule has 0 spiro atoms. The highest BCUT2D eigenvalue weighted by molar-refractivity contribution is 7.95. The summed E-state index contributed by atoms with van der Waals surface area (Å²) in [7, 11) is -3.90. The Kier molecular flexibility index (Phi) is 5.40. The predicted molar refractivity (Wildman–Crippen MR) is 123 cm³/mol. The maximum Gasteiger partial charge on any atom is 0.271 e. The number of benzene rings is 3. The van der Waals surface area contributed by atoms with Crippen molar-refractivity contribution in [2.75, 3.05) is 4.72 Å². The Balaban J connectivity index is 1.78. The van der Waals surface area contributed by atoms with Gasteiger partial charge in [0.1, 0.15) is 4.21 Å². The van der Waals surface area contributed by atoms with Crippen LogP contribution in [0.2, 0.25) is 5.02 Å². The van der Waals surface area contributed by atoms with E-state index in [2.05, 4.69) is 4.72 Å². The molecule has 1 N–H and O–H groups in total. The Labute approximate surface area is 184 Å². The second kappa shape index (κ2) is 7.87. The van der Waals surface area contributed by atoms with Gasteiger partial charge in [0.05, 0.1) is 5.69 Å². The van der Waals surface area contributed by atoms with Gasteiger partial charge in [-0.1, -0.05) is 59.6 Å². The van der Waals surface area contributed by atoms with E-state index in [0.29, 0.717) is 16.1 Å². The molecule has 0 aliphatic heterocycles. The van der Waals surface area contributed by atoms with Crippen molar-refractivity contribution in [3.63, 3.8) is 0 Å². The number of halogens is 1. The fraction of sp³-hybridized carbons (Fsp3) is 0.0870. The summed E-state index contributed by atoms with van der Waals surface area (Å²) in [5, 5.41) is 1.27. The van der Waals surface area contributed by atoms with Gasteiger partial charge < -0.3 is 0 Å². The third-order valence-corrected chi connectivity index (χ3v) is 8.29. The van der Waals surface area contributed by atoms with Gasteiger partial charge in [0.25, 0.3) is 10.0 Å². The van der Waals surface area contributed by atoms with Crippen molar-refractivity contribution in [1.82, 2.24) is 0 Å². The van der Waals surface area contributed by atoms with E-state index < -0.39 is 10.0 Å². The molecule has 4 rings (SSSR count). The number of carbonyl (C=O) groups is 1. The number of nitrogens with one attached hydrogen (secondary N) is 1. The van der Waals surface area contributed by atoms with Crippen molar-refractivity contribution in [1.29, 1.82) is 0 Å². The van der Waals surface area contributed by atoms with Crippen LogP contribution in [0, 0.1) is 13.8 Å². The fourth-order valence-corrected chi connectivity index (χ4v) is 6.30. The smallest absolute Gasteiger partial charge is 0.271 e. The number of sulfonamides is 1. The van der Waals surface area contributed by atoms with Crippen LogP contribution in [-0.4, -0.2) is 14.2 Å². The summed E-state index contributed by atoms with van der Waals surface area (Å²) in [6, 6.07) is 19.1. The number of fused-ring (bicyclic) bond motifs is 1. The number of hydrogen-bond donors (Lipinski definition) is 1. The molecule has 0 amide bonds. The van der Waals surface area contributed by atoms with Crippen LogP contribution in [0.4, 0.5) is 5.69 Å². The van der Waals surface area contributed by atoms with Gasteiger partial charge in [0.15, 0.2) is 5.78 Å². The molecular formula is C23H18ClNO3S2. The normalized spacial score (nSPS) is 11.6. The molecule has 0 unspecified atom stereocenters. The molecule has 1 aromatic heterocycles. The fourth-order valence-electron chi connectivity index (χ4n) is 3.30. The van der Waals surface area contributed by atoms with Gasteiger partial charge >= 0.3 is 0 Å². The average Bonchev–Trinajstić information content (AvgIpc) is 3.06. The van der Waals surface area contributed by atoms with Crippen molar-refractivity contribution in [2.45, 2.75) is 18.1 Å². The molecule has 3 aromatic carbocycles. The number of thiophene rings is 1. The molecule has 0 saturated heterocycles. The maximum atomic E-state index is 13.2. The standard InChI is InChI=1S/C23H18ClNO3S2/c1-14-8-11-21-18(12-14)15(2)23(29-21)30(27,28)25-20-10-9-17(24)13-19(20)22(26)16-6-4-3-5-7-16/h3-13,25H,1-2H3. The second-order valence-electron chi connectivity index (χ2n) is 7.00. The van der Waals surface area contributed by atoms with Crippen LogP contribution in [0.1, 0.15) is 27.0 Å². The zero-order valence-electron chi connectivity index (χ0n) is 16.3. The van der Waals surface area contributed by atoms with Crippen molar-refractivity contribution in [3.05, 3.63) is 94.0 Å². The lowest BCUT2D eigenvalue weighted by molar-refractivity contribution is 0.103. The highest BCUT2D eigenvalue weighted by atomic mass is 35.5. The summed E-state index contributed by atoms with van der Waals surface area (Å²) < 4.78 is 30.2. The van der Waals surface area contributed by atoms with Crippen LogP contribution < -0.4 is 4.72 Å². The Morgan fingerprint density at radius 3 is 2.43 bits per heavy atom. The summed E-state index contributed by atoms with van der Waals surface area (Å²) in [6.07, 6.45) is 0. The minimum Gasteiger partial charge on any atom is -0.289 e. The summed E-state index contributed by atoms with van der Waals surface area (Å²) in [6.45, 7) is 3.77. The van der Waals surface area contributed by atoms with Crippen molar-refractivity contribution < 1.29 is 13.2 Å². The zero-order chi connectivity index (χ0) is 21.5. The molecule has 0 fully saturated rings. The first kappa shape index (κ1) is 20.6. The van der Waals surface area contributed by atoms with Crippen molar-refractivity contribution >= 4 is 54.5 Å². The number of aryl methyl sites for hydroxylation is 2. The molecular weight excluding hydrogens is 438 g/mol. The van der Waals surface area contributed by atoms with E-state index >= 15 is 0 Å². The number of hydrogen-bond acceptors (Lipinski definition) is 4. The third kappa shape index (κ3) is 3.86. The molecule has 0 aliphatic carbocycles. The van der Waals surface area contributed by atoms with Gasteiger partial charge in [-0.2, -0.15) is 0 Å². The largest absolute Gasteiger partial charge is 0.289 e. The van der Waals surface area contributed by atoms with Crippen LogP contribution in [0.5, 0.6) is 0 Å². The quantitative estimate of drug-likeness (QED) is 0.364. The van der Waals surface area contributed by atoms with E-state index in [-0.39, 0.29) is 21.2 Å². The Bertz CT molecular complexity index is 1380. The molecule has 152 valence electrons. The summed E-state index contributed by atoms with van der Waals surface area (Å²) in [5.41, 5.74) is 2.60. The highest BCUT2D eigenvalue weighted by Crippen LogP contribution is 2.36. The number of anilines is 1. The molecule has 0 aliphatic rings. The first-order chi connectivity index (χ1) is 14.3. The molecule has 1 heterocycles. The SMILES string of the molecule is Cc1ccc2sc(S(=O)(=O)Nc3ccc(Cl)cc3C(=O)c3ccccc3)c(C)c2c1. The Morgan fingerprint density at radius 1 is 0.967 bits per heavy atom. The van der Waals surface area contributed by atoms with Gasteiger partial charge in [-0.15, -0.1) is 11.3 Å².